The summed E-state index contributed by atoms with van der Waals surface area (Å²) in [5, 5.41) is -0.260. The molecule has 0 aliphatic carbocycles. The van der Waals surface area contributed by atoms with Crippen LogP contribution in [0.4, 0.5) is 10.1 Å². The molecule has 4 rings (SSSR count). The molecule has 0 amide bonds. The highest BCUT2D eigenvalue weighted by atomic mass is 35.5. The molecule has 2 heterocycles. The average molecular weight is 403 g/mol. The summed E-state index contributed by atoms with van der Waals surface area (Å²) in [6.45, 7) is 0. The normalized spacial score (nSPS) is 11.6. The fraction of sp³-hybridized carbons (Fsp3) is 0. The van der Waals surface area contributed by atoms with Crippen LogP contribution in [0.2, 0.25) is 5.02 Å². The van der Waals surface area contributed by atoms with Crippen molar-refractivity contribution in [1.82, 2.24) is 14.4 Å². The van der Waals surface area contributed by atoms with Crippen LogP contribution in [0.1, 0.15) is 0 Å². The fourth-order valence-electron chi connectivity index (χ4n) is 2.57. The summed E-state index contributed by atoms with van der Waals surface area (Å²) < 4.78 is 42.6. The molecule has 0 fully saturated rings. The van der Waals surface area contributed by atoms with Gasteiger partial charge in [-0.1, -0.05) is 23.7 Å². The summed E-state index contributed by atoms with van der Waals surface area (Å²) in [7, 11) is -3.92. The predicted octanol–water partition coefficient (Wildman–Crippen LogP) is 3.99. The molecule has 0 spiro atoms. The second-order valence-corrected chi connectivity index (χ2v) is 7.80. The Labute approximate surface area is 159 Å². The third-order valence-corrected chi connectivity index (χ3v) is 5.52. The van der Waals surface area contributed by atoms with E-state index in [4.69, 9.17) is 11.6 Å². The number of halogens is 2. The molecule has 0 aliphatic heterocycles. The number of sulfonamides is 1. The molecule has 2 aromatic carbocycles. The van der Waals surface area contributed by atoms with E-state index in [-0.39, 0.29) is 9.92 Å². The minimum Gasteiger partial charge on any atom is -0.291 e. The minimum atomic E-state index is -3.92. The molecule has 0 unspecified atom stereocenters. The van der Waals surface area contributed by atoms with E-state index < -0.39 is 15.8 Å². The summed E-state index contributed by atoms with van der Waals surface area (Å²) >= 11 is 5.68. The van der Waals surface area contributed by atoms with Crippen molar-refractivity contribution in [2.45, 2.75) is 4.90 Å². The van der Waals surface area contributed by atoms with Crippen molar-refractivity contribution >= 4 is 33.1 Å². The van der Waals surface area contributed by atoms with E-state index in [2.05, 4.69) is 14.7 Å². The van der Waals surface area contributed by atoms with Gasteiger partial charge >= 0.3 is 0 Å². The molecule has 9 heteroatoms. The molecule has 0 atom stereocenters. The summed E-state index contributed by atoms with van der Waals surface area (Å²) in [6, 6.07) is 11.8. The first kappa shape index (κ1) is 17.4. The molecule has 6 nitrogen and oxygen atoms in total. The number of benzene rings is 2. The van der Waals surface area contributed by atoms with Gasteiger partial charge in [-0.2, -0.15) is 0 Å². The molecule has 1 N–H and O–H groups in total. The van der Waals surface area contributed by atoms with Crippen molar-refractivity contribution in [3.63, 3.8) is 0 Å². The van der Waals surface area contributed by atoms with Gasteiger partial charge in [0.15, 0.2) is 0 Å². The first-order valence-electron chi connectivity index (χ1n) is 7.80. The second-order valence-electron chi connectivity index (χ2n) is 5.72. The Morgan fingerprint density at radius 3 is 2.74 bits per heavy atom. The lowest BCUT2D eigenvalue weighted by molar-refractivity contribution is 0.599. The molecule has 0 aliphatic rings. The molecule has 0 saturated heterocycles. The van der Waals surface area contributed by atoms with Crippen LogP contribution in [0.25, 0.3) is 17.0 Å². The van der Waals surface area contributed by atoms with Crippen LogP contribution < -0.4 is 4.72 Å². The highest BCUT2D eigenvalue weighted by Crippen LogP contribution is 2.25. The lowest BCUT2D eigenvalue weighted by Crippen LogP contribution is -2.13. The highest BCUT2D eigenvalue weighted by Gasteiger charge is 2.16. The zero-order chi connectivity index (χ0) is 19.0. The number of rotatable bonds is 4. The molecule has 136 valence electrons. The number of hydrogen-bond donors (Lipinski definition) is 1. The van der Waals surface area contributed by atoms with E-state index >= 15 is 0 Å². The van der Waals surface area contributed by atoms with Crippen molar-refractivity contribution in [2.24, 2.45) is 0 Å². The smallest absolute Gasteiger partial charge is 0.261 e. The SMILES string of the molecule is O=S(=O)(Nc1cccc(-c2cn3cccnc3n2)c1)c1ccc(F)c(Cl)c1. The molecule has 0 radical (unpaired) electrons. The van der Waals surface area contributed by atoms with Gasteiger partial charge in [0.1, 0.15) is 5.82 Å². The molecule has 2 aromatic heterocycles. The number of hydrogen-bond acceptors (Lipinski definition) is 4. The van der Waals surface area contributed by atoms with E-state index in [1.807, 2.05) is 12.3 Å². The number of aromatic nitrogens is 3. The van der Waals surface area contributed by atoms with Crippen molar-refractivity contribution in [3.8, 4) is 11.3 Å². The standard InChI is InChI=1S/C18H12ClFN4O2S/c19-15-10-14(5-6-16(15)20)27(25,26)23-13-4-1-3-12(9-13)17-11-24-8-2-7-21-18(24)22-17/h1-11,23H. The van der Waals surface area contributed by atoms with Crippen LogP contribution in [0.3, 0.4) is 0 Å². The molecular formula is C18H12ClFN4O2S. The first-order valence-corrected chi connectivity index (χ1v) is 9.66. The molecule has 4 aromatic rings. The van der Waals surface area contributed by atoms with Gasteiger partial charge in [0.05, 0.1) is 15.6 Å². The van der Waals surface area contributed by atoms with Crippen LogP contribution in [-0.4, -0.2) is 22.8 Å². The zero-order valence-electron chi connectivity index (χ0n) is 13.7. The van der Waals surface area contributed by atoms with Gasteiger partial charge in [0.2, 0.25) is 5.78 Å². The third-order valence-electron chi connectivity index (χ3n) is 3.85. The van der Waals surface area contributed by atoms with E-state index in [1.54, 1.807) is 41.1 Å². The van der Waals surface area contributed by atoms with Gasteiger partial charge in [0, 0.05) is 29.8 Å². The van der Waals surface area contributed by atoms with Crippen LogP contribution in [0, 0.1) is 5.82 Å². The Kier molecular flexibility index (Phi) is 4.29. The Hall–Kier alpha value is -2.97. The van der Waals surface area contributed by atoms with Crippen LogP contribution in [-0.2, 0) is 10.0 Å². The number of nitrogens with zero attached hydrogens (tertiary/aromatic N) is 3. The van der Waals surface area contributed by atoms with Gasteiger partial charge in [-0.3, -0.25) is 9.12 Å². The number of nitrogens with one attached hydrogen (secondary N) is 1. The molecule has 27 heavy (non-hydrogen) atoms. The monoisotopic (exact) mass is 402 g/mol. The maximum Gasteiger partial charge on any atom is 0.261 e. The quantitative estimate of drug-likeness (QED) is 0.560. The van der Waals surface area contributed by atoms with E-state index in [0.717, 1.165) is 23.8 Å². The zero-order valence-corrected chi connectivity index (χ0v) is 15.2. The summed E-state index contributed by atoms with van der Waals surface area (Å²) in [4.78, 5) is 8.45. The van der Waals surface area contributed by atoms with Gasteiger partial charge in [-0.15, -0.1) is 0 Å². The van der Waals surface area contributed by atoms with Gasteiger partial charge in [-0.25, -0.2) is 22.8 Å². The van der Waals surface area contributed by atoms with E-state index in [0.29, 0.717) is 17.2 Å². The van der Waals surface area contributed by atoms with Gasteiger partial charge in [-0.05, 0) is 36.4 Å². The Morgan fingerprint density at radius 2 is 1.96 bits per heavy atom. The maximum absolute atomic E-state index is 13.3. The third kappa shape index (κ3) is 3.49. The Morgan fingerprint density at radius 1 is 1.11 bits per heavy atom. The van der Waals surface area contributed by atoms with Gasteiger partial charge in [0.25, 0.3) is 10.0 Å². The Balaban J connectivity index is 1.67. The summed E-state index contributed by atoms with van der Waals surface area (Å²) in [6.07, 6.45) is 5.27. The molecule has 0 saturated carbocycles. The topological polar surface area (TPSA) is 76.4 Å². The lowest BCUT2D eigenvalue weighted by atomic mass is 10.1. The predicted molar refractivity (Wildman–Crippen MR) is 101 cm³/mol. The number of fused-ring (bicyclic) bond motifs is 1. The molecule has 0 bridgehead atoms. The van der Waals surface area contributed by atoms with Crippen molar-refractivity contribution < 1.29 is 12.8 Å². The van der Waals surface area contributed by atoms with Crippen molar-refractivity contribution in [1.29, 1.82) is 0 Å². The van der Waals surface area contributed by atoms with Crippen LogP contribution in [0.5, 0.6) is 0 Å². The maximum atomic E-state index is 13.3. The first-order chi connectivity index (χ1) is 12.9. The lowest BCUT2D eigenvalue weighted by Gasteiger charge is -2.09. The molecular weight excluding hydrogens is 391 g/mol. The van der Waals surface area contributed by atoms with E-state index in [1.165, 1.54) is 0 Å². The van der Waals surface area contributed by atoms with Crippen LogP contribution >= 0.6 is 11.6 Å². The average Bonchev–Trinajstić information content (AvgIpc) is 3.08. The summed E-state index contributed by atoms with van der Waals surface area (Å²) in [5.41, 5.74) is 1.72. The van der Waals surface area contributed by atoms with Crippen molar-refractivity contribution in [2.75, 3.05) is 4.72 Å². The van der Waals surface area contributed by atoms with Crippen molar-refractivity contribution in [3.05, 3.63) is 78.0 Å². The highest BCUT2D eigenvalue weighted by molar-refractivity contribution is 7.92. The number of imidazole rings is 1. The number of anilines is 1. The Bertz CT molecular complexity index is 1220. The van der Waals surface area contributed by atoms with E-state index in [9.17, 15) is 12.8 Å². The van der Waals surface area contributed by atoms with Gasteiger partial charge < -0.3 is 0 Å². The minimum absolute atomic E-state index is 0.128. The largest absolute Gasteiger partial charge is 0.291 e. The fourth-order valence-corrected chi connectivity index (χ4v) is 3.89. The summed E-state index contributed by atoms with van der Waals surface area (Å²) in [5.74, 6) is -0.141. The van der Waals surface area contributed by atoms with Crippen LogP contribution in [0.15, 0.2) is 72.0 Å². The second kappa shape index (κ2) is 6.64.